The van der Waals surface area contributed by atoms with Gasteiger partial charge in [-0.05, 0) is 49.9 Å². The van der Waals surface area contributed by atoms with E-state index >= 15 is 0 Å². The Hall–Kier alpha value is -2.18. The second-order valence-electron chi connectivity index (χ2n) is 6.53. The zero-order valence-electron chi connectivity index (χ0n) is 14.3. The molecule has 0 spiro atoms. The molecule has 1 saturated heterocycles. The maximum absolute atomic E-state index is 4.52. The Kier molecular flexibility index (Phi) is 4.81. The Bertz CT molecular complexity index is 808. The van der Waals surface area contributed by atoms with Crippen LogP contribution in [0.5, 0.6) is 0 Å². The molecule has 5 nitrogen and oxygen atoms in total. The van der Waals surface area contributed by atoms with Crippen molar-refractivity contribution >= 4 is 11.3 Å². The number of hydrogen-bond acceptors (Lipinski definition) is 6. The van der Waals surface area contributed by atoms with E-state index in [0.717, 1.165) is 43.2 Å². The number of thiophene rings is 1. The van der Waals surface area contributed by atoms with E-state index in [1.807, 2.05) is 24.7 Å². The zero-order valence-corrected chi connectivity index (χ0v) is 15.1. The summed E-state index contributed by atoms with van der Waals surface area (Å²) in [6.45, 7) is 5.19. The van der Waals surface area contributed by atoms with Crippen LogP contribution in [0.25, 0.3) is 10.7 Å². The number of aromatic nitrogens is 4. The summed E-state index contributed by atoms with van der Waals surface area (Å²) in [5.41, 5.74) is 3.61. The first-order chi connectivity index (χ1) is 12.3. The molecule has 1 aliphatic rings. The fourth-order valence-electron chi connectivity index (χ4n) is 3.43. The minimum Gasteiger partial charge on any atom is -0.299 e. The lowest BCUT2D eigenvalue weighted by atomic mass is 9.91. The van der Waals surface area contributed by atoms with E-state index in [9.17, 15) is 0 Å². The third-order valence-electron chi connectivity index (χ3n) is 4.76. The highest BCUT2D eigenvalue weighted by atomic mass is 32.1. The lowest BCUT2D eigenvalue weighted by Gasteiger charge is -2.32. The van der Waals surface area contributed by atoms with Crippen LogP contribution in [0.4, 0.5) is 0 Å². The Balaban J connectivity index is 1.35. The van der Waals surface area contributed by atoms with Crippen LogP contribution in [0, 0.1) is 6.92 Å². The molecular formula is C19H21N5S. The van der Waals surface area contributed by atoms with Crippen molar-refractivity contribution in [2.75, 3.05) is 13.1 Å². The Morgan fingerprint density at radius 2 is 1.92 bits per heavy atom. The van der Waals surface area contributed by atoms with Gasteiger partial charge in [-0.2, -0.15) is 0 Å². The largest absolute Gasteiger partial charge is 0.299 e. The summed E-state index contributed by atoms with van der Waals surface area (Å²) in [4.78, 5) is 21.2. The molecule has 0 radical (unpaired) electrons. The molecule has 0 aromatic carbocycles. The first kappa shape index (κ1) is 16.3. The lowest BCUT2D eigenvalue weighted by Crippen LogP contribution is -2.33. The maximum Gasteiger partial charge on any atom is 0.169 e. The van der Waals surface area contributed by atoms with Gasteiger partial charge in [0.25, 0.3) is 0 Å². The van der Waals surface area contributed by atoms with E-state index in [1.165, 1.54) is 16.8 Å². The molecule has 4 heterocycles. The van der Waals surface area contributed by atoms with Crippen molar-refractivity contribution in [1.29, 1.82) is 0 Å². The van der Waals surface area contributed by atoms with E-state index in [4.69, 9.17) is 0 Å². The van der Waals surface area contributed by atoms with Gasteiger partial charge in [-0.1, -0.05) is 6.07 Å². The van der Waals surface area contributed by atoms with Crippen molar-refractivity contribution in [1.82, 2.24) is 24.8 Å². The minimum atomic E-state index is 0.553. The molecule has 0 bridgehead atoms. The minimum absolute atomic E-state index is 0.553. The summed E-state index contributed by atoms with van der Waals surface area (Å²) in [5, 5.41) is 2.05. The highest BCUT2D eigenvalue weighted by Crippen LogP contribution is 2.29. The van der Waals surface area contributed by atoms with Crippen LogP contribution in [0.3, 0.4) is 0 Å². The summed E-state index contributed by atoms with van der Waals surface area (Å²) < 4.78 is 0. The SMILES string of the molecule is Cc1cncnc1C1CCN(Cc2cnc(-c3cccs3)nc2)CC1. The summed E-state index contributed by atoms with van der Waals surface area (Å²) in [5.74, 6) is 1.37. The summed E-state index contributed by atoms with van der Waals surface area (Å²) in [6.07, 6.45) is 9.80. The first-order valence-corrected chi connectivity index (χ1v) is 9.51. The molecule has 3 aromatic rings. The Morgan fingerprint density at radius 3 is 2.60 bits per heavy atom. The summed E-state index contributed by atoms with van der Waals surface area (Å²) in [6, 6.07) is 4.08. The second-order valence-corrected chi connectivity index (χ2v) is 7.48. The molecule has 4 rings (SSSR count). The van der Waals surface area contributed by atoms with E-state index < -0.39 is 0 Å². The molecule has 25 heavy (non-hydrogen) atoms. The molecule has 0 saturated carbocycles. The van der Waals surface area contributed by atoms with Crippen LogP contribution >= 0.6 is 11.3 Å². The molecule has 0 N–H and O–H groups in total. The van der Waals surface area contributed by atoms with Gasteiger partial charge in [-0.3, -0.25) is 4.90 Å². The topological polar surface area (TPSA) is 54.8 Å². The van der Waals surface area contributed by atoms with E-state index in [2.05, 4.69) is 43.2 Å². The van der Waals surface area contributed by atoms with E-state index in [1.54, 1.807) is 17.7 Å². The van der Waals surface area contributed by atoms with Crippen molar-refractivity contribution < 1.29 is 0 Å². The quantitative estimate of drug-likeness (QED) is 0.718. The molecule has 0 aliphatic carbocycles. The zero-order chi connectivity index (χ0) is 17.1. The molecule has 0 atom stereocenters. The third kappa shape index (κ3) is 3.75. The fourth-order valence-corrected chi connectivity index (χ4v) is 4.10. The number of piperidine rings is 1. The molecular weight excluding hydrogens is 330 g/mol. The molecule has 6 heteroatoms. The number of rotatable bonds is 4. The molecule has 1 aliphatic heterocycles. The average Bonchev–Trinajstić information content (AvgIpc) is 3.18. The second kappa shape index (κ2) is 7.37. The van der Waals surface area contributed by atoms with Gasteiger partial charge in [0.2, 0.25) is 0 Å². The monoisotopic (exact) mass is 351 g/mol. The fraction of sp³-hybridized carbons (Fsp3) is 0.368. The number of hydrogen-bond donors (Lipinski definition) is 0. The van der Waals surface area contributed by atoms with Crippen molar-refractivity contribution in [2.24, 2.45) is 0 Å². The molecule has 3 aromatic heterocycles. The van der Waals surface area contributed by atoms with Gasteiger partial charge in [0.1, 0.15) is 6.33 Å². The van der Waals surface area contributed by atoms with Gasteiger partial charge >= 0.3 is 0 Å². The number of likely N-dealkylation sites (tertiary alicyclic amines) is 1. The number of aryl methyl sites for hydroxylation is 1. The average molecular weight is 351 g/mol. The van der Waals surface area contributed by atoms with Crippen molar-refractivity contribution in [2.45, 2.75) is 32.2 Å². The Morgan fingerprint density at radius 1 is 1.12 bits per heavy atom. The summed E-state index contributed by atoms with van der Waals surface area (Å²) in [7, 11) is 0. The van der Waals surface area contributed by atoms with Crippen LogP contribution in [0.15, 0.2) is 42.4 Å². The molecule has 0 unspecified atom stereocenters. The van der Waals surface area contributed by atoms with E-state index in [0.29, 0.717) is 5.92 Å². The predicted molar refractivity (Wildman–Crippen MR) is 99.4 cm³/mol. The van der Waals surface area contributed by atoms with Gasteiger partial charge in [-0.15, -0.1) is 11.3 Å². The van der Waals surface area contributed by atoms with Crippen LogP contribution in [-0.2, 0) is 6.54 Å². The Labute approximate surface area is 151 Å². The predicted octanol–water partition coefficient (Wildman–Crippen LogP) is 3.68. The third-order valence-corrected chi connectivity index (χ3v) is 5.63. The molecule has 0 amide bonds. The van der Waals surface area contributed by atoms with Crippen molar-refractivity contribution in [3.05, 3.63) is 59.3 Å². The normalized spacial score (nSPS) is 16.2. The van der Waals surface area contributed by atoms with Gasteiger partial charge in [0.15, 0.2) is 5.82 Å². The van der Waals surface area contributed by atoms with Gasteiger partial charge in [0.05, 0.1) is 4.88 Å². The molecule has 1 fully saturated rings. The lowest BCUT2D eigenvalue weighted by molar-refractivity contribution is 0.202. The first-order valence-electron chi connectivity index (χ1n) is 8.63. The molecule has 128 valence electrons. The van der Waals surface area contributed by atoms with Gasteiger partial charge < -0.3 is 0 Å². The van der Waals surface area contributed by atoms with Crippen molar-refractivity contribution in [3.63, 3.8) is 0 Å². The number of nitrogens with zero attached hydrogens (tertiary/aromatic N) is 5. The van der Waals surface area contributed by atoms with Gasteiger partial charge in [0, 0.05) is 42.3 Å². The van der Waals surface area contributed by atoms with Gasteiger partial charge in [-0.25, -0.2) is 19.9 Å². The summed E-state index contributed by atoms with van der Waals surface area (Å²) >= 11 is 1.67. The van der Waals surface area contributed by atoms with Crippen LogP contribution < -0.4 is 0 Å². The van der Waals surface area contributed by atoms with E-state index in [-0.39, 0.29) is 0 Å². The standard InChI is InChI=1S/C19H21N5S/c1-14-9-20-13-23-18(14)16-4-6-24(7-5-16)12-15-10-21-19(22-11-15)17-3-2-8-25-17/h2-3,8-11,13,16H,4-7,12H2,1H3. The van der Waals surface area contributed by atoms with Crippen LogP contribution in [-0.4, -0.2) is 37.9 Å². The van der Waals surface area contributed by atoms with Crippen LogP contribution in [0.2, 0.25) is 0 Å². The van der Waals surface area contributed by atoms with Crippen LogP contribution in [0.1, 0.15) is 35.6 Å². The highest BCUT2D eigenvalue weighted by Gasteiger charge is 2.23. The smallest absolute Gasteiger partial charge is 0.169 e. The maximum atomic E-state index is 4.52. The van der Waals surface area contributed by atoms with Crippen molar-refractivity contribution in [3.8, 4) is 10.7 Å². The highest BCUT2D eigenvalue weighted by molar-refractivity contribution is 7.13.